The first-order valence-electron chi connectivity index (χ1n) is 3.66. The summed E-state index contributed by atoms with van der Waals surface area (Å²) in [5.74, 6) is -0.0632. The first kappa shape index (κ1) is 9.21. The molecule has 0 radical (unpaired) electrons. The van der Waals surface area contributed by atoms with Gasteiger partial charge < -0.3 is 0 Å². The number of aromatic nitrogens is 1. The van der Waals surface area contributed by atoms with Crippen molar-refractivity contribution in [3.8, 4) is 6.07 Å². The molecule has 0 bridgehead atoms. The van der Waals surface area contributed by atoms with Crippen LogP contribution < -0.4 is 0 Å². The number of rotatable bonds is 2. The van der Waals surface area contributed by atoms with Crippen molar-refractivity contribution in [2.24, 2.45) is 0 Å². The fourth-order valence-corrected chi connectivity index (χ4v) is 1.50. The lowest BCUT2D eigenvalue weighted by atomic mass is 10.0. The Morgan fingerprint density at radius 2 is 2.50 bits per heavy atom. The third-order valence-corrected chi connectivity index (χ3v) is 2.28. The standard InChI is InChI=1S/C9H9BrN2/c1-7-4-8(2-3-12-7)9(5-10)6-11/h2-4,9H,5H2,1H3. The van der Waals surface area contributed by atoms with Crippen LogP contribution in [0.2, 0.25) is 0 Å². The van der Waals surface area contributed by atoms with Crippen molar-refractivity contribution in [3.63, 3.8) is 0 Å². The zero-order valence-electron chi connectivity index (χ0n) is 6.79. The second kappa shape index (κ2) is 4.22. The van der Waals surface area contributed by atoms with Crippen molar-refractivity contribution in [1.82, 2.24) is 4.98 Å². The monoisotopic (exact) mass is 224 g/mol. The molecule has 0 N–H and O–H groups in total. The van der Waals surface area contributed by atoms with E-state index in [2.05, 4.69) is 27.0 Å². The maximum Gasteiger partial charge on any atom is 0.0810 e. The van der Waals surface area contributed by atoms with Crippen LogP contribution in [0.1, 0.15) is 17.2 Å². The second-order valence-electron chi connectivity index (χ2n) is 2.57. The van der Waals surface area contributed by atoms with Gasteiger partial charge in [-0.2, -0.15) is 5.26 Å². The Morgan fingerprint density at radius 3 is 3.00 bits per heavy atom. The summed E-state index contributed by atoms with van der Waals surface area (Å²) in [6.45, 7) is 1.92. The lowest BCUT2D eigenvalue weighted by Gasteiger charge is -2.04. The number of hydrogen-bond acceptors (Lipinski definition) is 2. The van der Waals surface area contributed by atoms with Gasteiger partial charge in [0, 0.05) is 17.2 Å². The Labute approximate surface area is 80.4 Å². The van der Waals surface area contributed by atoms with E-state index in [1.54, 1.807) is 6.20 Å². The van der Waals surface area contributed by atoms with Gasteiger partial charge in [0.2, 0.25) is 0 Å². The quantitative estimate of drug-likeness (QED) is 0.724. The minimum Gasteiger partial charge on any atom is -0.262 e. The van der Waals surface area contributed by atoms with Crippen LogP contribution in [0, 0.1) is 18.3 Å². The van der Waals surface area contributed by atoms with Crippen molar-refractivity contribution < 1.29 is 0 Å². The van der Waals surface area contributed by atoms with Gasteiger partial charge in [0.05, 0.1) is 12.0 Å². The number of alkyl halides is 1. The minimum absolute atomic E-state index is 0.0632. The molecule has 0 saturated carbocycles. The fourth-order valence-electron chi connectivity index (χ4n) is 0.982. The molecule has 0 saturated heterocycles. The largest absolute Gasteiger partial charge is 0.262 e. The molecule has 1 aromatic heterocycles. The summed E-state index contributed by atoms with van der Waals surface area (Å²) in [5, 5.41) is 9.44. The van der Waals surface area contributed by atoms with Crippen LogP contribution in [0.4, 0.5) is 0 Å². The smallest absolute Gasteiger partial charge is 0.0810 e. The molecule has 0 aliphatic heterocycles. The van der Waals surface area contributed by atoms with Gasteiger partial charge in [-0.15, -0.1) is 0 Å². The third-order valence-electron chi connectivity index (χ3n) is 1.63. The average Bonchev–Trinajstić information content (AvgIpc) is 2.07. The van der Waals surface area contributed by atoms with E-state index in [0.717, 1.165) is 11.3 Å². The molecule has 1 unspecified atom stereocenters. The summed E-state index contributed by atoms with van der Waals surface area (Å²) in [5.41, 5.74) is 1.98. The van der Waals surface area contributed by atoms with E-state index in [4.69, 9.17) is 5.26 Å². The maximum atomic E-state index is 8.77. The highest BCUT2D eigenvalue weighted by atomic mass is 79.9. The summed E-state index contributed by atoms with van der Waals surface area (Å²) in [4.78, 5) is 4.07. The Kier molecular flexibility index (Phi) is 3.24. The van der Waals surface area contributed by atoms with E-state index in [9.17, 15) is 0 Å². The topological polar surface area (TPSA) is 36.7 Å². The summed E-state index contributed by atoms with van der Waals surface area (Å²) in [7, 11) is 0. The normalized spacial score (nSPS) is 12.1. The van der Waals surface area contributed by atoms with Crippen LogP contribution in [0.3, 0.4) is 0 Å². The summed E-state index contributed by atoms with van der Waals surface area (Å²) < 4.78 is 0. The van der Waals surface area contributed by atoms with Crippen molar-refractivity contribution in [1.29, 1.82) is 5.26 Å². The molecule has 0 aliphatic rings. The predicted octanol–water partition coefficient (Wildman–Crippen LogP) is 2.39. The van der Waals surface area contributed by atoms with E-state index in [1.165, 1.54) is 0 Å². The minimum atomic E-state index is -0.0632. The zero-order chi connectivity index (χ0) is 8.97. The van der Waals surface area contributed by atoms with Gasteiger partial charge in [-0.05, 0) is 24.6 Å². The molecule has 1 atom stereocenters. The van der Waals surface area contributed by atoms with Gasteiger partial charge in [-0.3, -0.25) is 4.98 Å². The summed E-state index contributed by atoms with van der Waals surface area (Å²) in [6, 6.07) is 6.04. The van der Waals surface area contributed by atoms with E-state index < -0.39 is 0 Å². The number of aryl methyl sites for hydroxylation is 1. The highest BCUT2D eigenvalue weighted by Crippen LogP contribution is 2.16. The molecule has 0 aliphatic carbocycles. The van der Waals surface area contributed by atoms with E-state index in [1.807, 2.05) is 19.1 Å². The number of halogens is 1. The van der Waals surface area contributed by atoms with Gasteiger partial charge in [0.1, 0.15) is 0 Å². The fraction of sp³-hybridized carbons (Fsp3) is 0.333. The predicted molar refractivity (Wildman–Crippen MR) is 51.1 cm³/mol. The van der Waals surface area contributed by atoms with Crippen LogP contribution >= 0.6 is 15.9 Å². The molecule has 2 nitrogen and oxygen atoms in total. The van der Waals surface area contributed by atoms with Crippen LogP contribution in [-0.2, 0) is 0 Å². The Morgan fingerprint density at radius 1 is 1.75 bits per heavy atom. The summed E-state index contributed by atoms with van der Waals surface area (Å²) in [6.07, 6.45) is 1.73. The Hall–Kier alpha value is -0.880. The molecular formula is C9H9BrN2. The SMILES string of the molecule is Cc1cc(C(C#N)CBr)ccn1. The highest BCUT2D eigenvalue weighted by molar-refractivity contribution is 9.09. The van der Waals surface area contributed by atoms with E-state index in [-0.39, 0.29) is 5.92 Å². The number of hydrogen-bond donors (Lipinski definition) is 0. The number of nitriles is 1. The molecular weight excluding hydrogens is 216 g/mol. The Bertz CT molecular complexity index is 304. The molecule has 0 fully saturated rings. The first-order valence-corrected chi connectivity index (χ1v) is 4.78. The molecule has 1 heterocycles. The number of pyridine rings is 1. The molecule has 12 heavy (non-hydrogen) atoms. The second-order valence-corrected chi connectivity index (χ2v) is 3.21. The van der Waals surface area contributed by atoms with E-state index in [0.29, 0.717) is 5.33 Å². The number of nitrogens with zero attached hydrogens (tertiary/aromatic N) is 2. The zero-order valence-corrected chi connectivity index (χ0v) is 8.37. The molecule has 1 aromatic rings. The average molecular weight is 225 g/mol. The Balaban J connectivity index is 2.95. The molecule has 62 valence electrons. The maximum absolute atomic E-state index is 8.77. The molecule has 1 rings (SSSR count). The van der Waals surface area contributed by atoms with Gasteiger partial charge in [0.25, 0.3) is 0 Å². The lowest BCUT2D eigenvalue weighted by Crippen LogP contribution is -1.97. The molecule has 3 heteroatoms. The summed E-state index contributed by atoms with van der Waals surface area (Å²) >= 11 is 3.29. The van der Waals surface area contributed by atoms with Gasteiger partial charge in [0.15, 0.2) is 0 Å². The van der Waals surface area contributed by atoms with Crippen molar-refractivity contribution >= 4 is 15.9 Å². The van der Waals surface area contributed by atoms with E-state index >= 15 is 0 Å². The third kappa shape index (κ3) is 2.05. The van der Waals surface area contributed by atoms with Crippen molar-refractivity contribution in [2.75, 3.05) is 5.33 Å². The highest BCUT2D eigenvalue weighted by Gasteiger charge is 2.07. The molecule has 0 amide bonds. The molecule has 0 spiro atoms. The van der Waals surface area contributed by atoms with Crippen LogP contribution in [0.15, 0.2) is 18.3 Å². The van der Waals surface area contributed by atoms with Crippen LogP contribution in [0.5, 0.6) is 0 Å². The van der Waals surface area contributed by atoms with Gasteiger partial charge >= 0.3 is 0 Å². The lowest BCUT2D eigenvalue weighted by molar-refractivity contribution is 0.987. The first-order chi connectivity index (χ1) is 5.77. The molecule has 0 aromatic carbocycles. The van der Waals surface area contributed by atoms with Gasteiger partial charge in [-0.1, -0.05) is 15.9 Å². The van der Waals surface area contributed by atoms with Crippen molar-refractivity contribution in [2.45, 2.75) is 12.8 Å². The van der Waals surface area contributed by atoms with Crippen LogP contribution in [0.25, 0.3) is 0 Å². The van der Waals surface area contributed by atoms with Gasteiger partial charge in [-0.25, -0.2) is 0 Å². The van der Waals surface area contributed by atoms with Crippen molar-refractivity contribution in [3.05, 3.63) is 29.6 Å². The van der Waals surface area contributed by atoms with Crippen LogP contribution in [-0.4, -0.2) is 10.3 Å².